The Bertz CT molecular complexity index is 1020. The monoisotopic (exact) mass is 574 g/mol. The van der Waals surface area contributed by atoms with Crippen molar-refractivity contribution in [3.63, 3.8) is 0 Å². The number of hydrogen-bond donors (Lipinski definition) is 3. The van der Waals surface area contributed by atoms with Gasteiger partial charge in [-0.25, -0.2) is 9.59 Å². The third kappa shape index (κ3) is 10.7. The molecule has 0 radical (unpaired) electrons. The van der Waals surface area contributed by atoms with Crippen molar-refractivity contribution in [3.05, 3.63) is 59.8 Å². The second-order valence-electron chi connectivity index (χ2n) is 11.7. The zero-order valence-corrected chi connectivity index (χ0v) is 25.5. The Balaban J connectivity index is 2.18. The number of aliphatic hydroxyl groups excluding tert-OH is 1. The first kappa shape index (κ1) is 34.7. The van der Waals surface area contributed by atoms with E-state index in [1.165, 1.54) is 12.2 Å². The van der Waals surface area contributed by atoms with Crippen molar-refractivity contribution in [2.75, 3.05) is 7.11 Å². The summed E-state index contributed by atoms with van der Waals surface area (Å²) >= 11 is 0. The Hall–Kier alpha value is -2.52. The number of carboxylic acid groups (broad SMARTS) is 2. The number of allylic oxidation sites excluding steroid dienone is 4. The smallest absolute Gasteiger partial charge is 0.328 e. The number of unbranched alkanes of at least 4 members (excludes halogenated alkanes) is 1. The first-order valence-electron chi connectivity index (χ1n) is 14.8. The number of hydrogen-bond acceptors (Lipinski definition) is 6. The molecule has 0 amide bonds. The molecule has 2 fully saturated rings. The molecular formula is C33H50O8. The van der Waals surface area contributed by atoms with Gasteiger partial charge in [-0.05, 0) is 51.0 Å². The minimum Gasteiger partial charge on any atom is -0.478 e. The van der Waals surface area contributed by atoms with Gasteiger partial charge in [-0.1, -0.05) is 75.6 Å². The summed E-state index contributed by atoms with van der Waals surface area (Å²) in [6, 6.07) is 0. The highest BCUT2D eigenvalue weighted by Gasteiger charge is 2.52. The summed E-state index contributed by atoms with van der Waals surface area (Å²) in [5.41, 5.74) is 1.11. The van der Waals surface area contributed by atoms with Gasteiger partial charge in [0.25, 0.3) is 0 Å². The maximum Gasteiger partial charge on any atom is 0.328 e. The summed E-state index contributed by atoms with van der Waals surface area (Å²) in [5, 5.41) is 28.2. The molecule has 8 nitrogen and oxygen atoms in total. The lowest BCUT2D eigenvalue weighted by molar-refractivity contribution is -0.346. The van der Waals surface area contributed by atoms with Gasteiger partial charge in [-0.3, -0.25) is 0 Å². The SMILES string of the molecule is CCCCC1(OC)CCC2(CCC(C)C(CC=C(C)C=CC(O)C(C)C=CC(=O)O)O2)OC1C=CC(C)=CC(=O)O. The van der Waals surface area contributed by atoms with Crippen LogP contribution in [0, 0.1) is 11.8 Å². The van der Waals surface area contributed by atoms with E-state index in [9.17, 15) is 14.7 Å². The highest BCUT2D eigenvalue weighted by molar-refractivity contribution is 5.81. The molecule has 0 aromatic rings. The third-order valence-electron chi connectivity index (χ3n) is 8.33. The number of carbonyl (C=O) groups is 2. The number of aliphatic hydroxyl groups is 1. The van der Waals surface area contributed by atoms with Crippen molar-refractivity contribution >= 4 is 11.9 Å². The average molecular weight is 575 g/mol. The molecule has 7 atom stereocenters. The first-order chi connectivity index (χ1) is 19.3. The highest BCUT2D eigenvalue weighted by atomic mass is 16.7. The molecule has 41 heavy (non-hydrogen) atoms. The van der Waals surface area contributed by atoms with Crippen LogP contribution in [0.3, 0.4) is 0 Å². The van der Waals surface area contributed by atoms with Crippen LogP contribution in [0.1, 0.15) is 86.0 Å². The van der Waals surface area contributed by atoms with Crippen LogP contribution in [0.5, 0.6) is 0 Å². The molecule has 1 spiro atoms. The Kier molecular flexibility index (Phi) is 13.7. The van der Waals surface area contributed by atoms with Gasteiger partial charge in [-0.2, -0.15) is 0 Å². The summed E-state index contributed by atoms with van der Waals surface area (Å²) in [4.78, 5) is 21.8. The van der Waals surface area contributed by atoms with Crippen LogP contribution in [0.2, 0.25) is 0 Å². The van der Waals surface area contributed by atoms with Gasteiger partial charge in [0.15, 0.2) is 5.79 Å². The Morgan fingerprint density at radius 2 is 1.76 bits per heavy atom. The van der Waals surface area contributed by atoms with Crippen molar-refractivity contribution in [3.8, 4) is 0 Å². The zero-order valence-electron chi connectivity index (χ0n) is 25.5. The van der Waals surface area contributed by atoms with E-state index in [1.54, 1.807) is 33.1 Å². The van der Waals surface area contributed by atoms with Crippen LogP contribution in [0.15, 0.2) is 59.8 Å². The van der Waals surface area contributed by atoms with Crippen LogP contribution in [0.4, 0.5) is 0 Å². The highest BCUT2D eigenvalue weighted by Crippen LogP contribution is 2.47. The van der Waals surface area contributed by atoms with E-state index < -0.39 is 29.4 Å². The van der Waals surface area contributed by atoms with E-state index in [1.807, 2.05) is 19.1 Å². The van der Waals surface area contributed by atoms with Crippen molar-refractivity contribution in [2.24, 2.45) is 11.8 Å². The fourth-order valence-corrected chi connectivity index (χ4v) is 5.48. The third-order valence-corrected chi connectivity index (χ3v) is 8.33. The number of ether oxygens (including phenoxy) is 3. The molecule has 0 bridgehead atoms. The lowest BCUT2D eigenvalue weighted by Gasteiger charge is -2.53. The summed E-state index contributed by atoms with van der Waals surface area (Å²) in [5.74, 6) is -2.73. The first-order valence-corrected chi connectivity index (χ1v) is 14.8. The van der Waals surface area contributed by atoms with Gasteiger partial charge in [0.1, 0.15) is 6.10 Å². The van der Waals surface area contributed by atoms with Gasteiger partial charge in [0.05, 0.1) is 17.8 Å². The second kappa shape index (κ2) is 16.2. The molecule has 230 valence electrons. The summed E-state index contributed by atoms with van der Waals surface area (Å²) in [6.45, 7) is 9.83. The molecular weight excluding hydrogens is 524 g/mol. The second-order valence-corrected chi connectivity index (χ2v) is 11.7. The number of carboxylic acids is 2. The van der Waals surface area contributed by atoms with E-state index >= 15 is 0 Å². The fourth-order valence-electron chi connectivity index (χ4n) is 5.48. The normalized spacial score (nSPS) is 31.3. The molecule has 3 N–H and O–H groups in total. The van der Waals surface area contributed by atoms with Crippen molar-refractivity contribution in [1.29, 1.82) is 0 Å². The van der Waals surface area contributed by atoms with E-state index in [2.05, 4.69) is 19.9 Å². The van der Waals surface area contributed by atoms with Crippen LogP contribution >= 0.6 is 0 Å². The fraction of sp³-hybridized carbons (Fsp3) is 0.636. The predicted octanol–water partition coefficient (Wildman–Crippen LogP) is 6.37. The van der Waals surface area contributed by atoms with E-state index in [4.69, 9.17) is 24.4 Å². The maximum atomic E-state index is 11.1. The number of methoxy groups -OCH3 is 1. The van der Waals surface area contributed by atoms with Crippen LogP contribution in [0.25, 0.3) is 0 Å². The quantitative estimate of drug-likeness (QED) is 0.162. The molecule has 0 aromatic carbocycles. The van der Waals surface area contributed by atoms with Crippen LogP contribution in [-0.4, -0.2) is 64.1 Å². The van der Waals surface area contributed by atoms with Crippen molar-refractivity contribution in [2.45, 2.75) is 116 Å². The van der Waals surface area contributed by atoms with E-state index in [0.29, 0.717) is 17.9 Å². The summed E-state index contributed by atoms with van der Waals surface area (Å²) in [6.07, 6.45) is 18.7. The molecule has 2 saturated heterocycles. The standard InChI is InChI=1S/C33H50O8/c1-7-8-18-32(39-6)20-21-33(41-29(32)15-11-24(3)22-31(37)38)19-17-26(5)28(40-33)14-10-23(2)9-13-27(34)25(4)12-16-30(35)36/h9-13,15-16,22,25-29,34H,7-8,14,17-21H2,1-6H3,(H,35,36)(H,37,38). The summed E-state index contributed by atoms with van der Waals surface area (Å²) in [7, 11) is 1.73. The Morgan fingerprint density at radius 3 is 2.39 bits per heavy atom. The molecule has 7 unspecified atom stereocenters. The lowest BCUT2D eigenvalue weighted by Crippen LogP contribution is -2.58. The maximum absolute atomic E-state index is 11.1. The molecule has 2 aliphatic rings. The Morgan fingerprint density at radius 1 is 1.02 bits per heavy atom. The van der Waals surface area contributed by atoms with E-state index in [0.717, 1.165) is 56.6 Å². The molecule has 0 aromatic heterocycles. The molecule has 2 aliphatic heterocycles. The Labute approximate surface area is 245 Å². The topological polar surface area (TPSA) is 123 Å². The summed E-state index contributed by atoms with van der Waals surface area (Å²) < 4.78 is 19.6. The van der Waals surface area contributed by atoms with Gasteiger partial charge in [0, 0.05) is 38.0 Å². The van der Waals surface area contributed by atoms with Gasteiger partial charge in [0.2, 0.25) is 0 Å². The molecule has 0 saturated carbocycles. The van der Waals surface area contributed by atoms with Gasteiger partial charge >= 0.3 is 11.9 Å². The van der Waals surface area contributed by atoms with Crippen molar-refractivity contribution < 1.29 is 39.1 Å². The lowest BCUT2D eigenvalue weighted by atomic mass is 9.78. The largest absolute Gasteiger partial charge is 0.478 e. The minimum absolute atomic E-state index is 0.0431. The van der Waals surface area contributed by atoms with Crippen LogP contribution < -0.4 is 0 Å². The molecule has 0 aliphatic carbocycles. The number of aliphatic carboxylic acids is 2. The van der Waals surface area contributed by atoms with Crippen LogP contribution in [-0.2, 0) is 23.8 Å². The van der Waals surface area contributed by atoms with E-state index in [-0.39, 0.29) is 18.1 Å². The average Bonchev–Trinajstić information content (AvgIpc) is 2.93. The van der Waals surface area contributed by atoms with Gasteiger partial charge in [-0.15, -0.1) is 0 Å². The zero-order chi connectivity index (χ0) is 30.6. The number of rotatable bonds is 14. The molecule has 8 heteroatoms. The molecule has 2 rings (SSSR count). The predicted molar refractivity (Wildman–Crippen MR) is 159 cm³/mol. The van der Waals surface area contributed by atoms with Crippen molar-refractivity contribution in [1.82, 2.24) is 0 Å². The minimum atomic E-state index is -1.04. The molecule has 2 heterocycles. The van der Waals surface area contributed by atoms with Gasteiger partial charge < -0.3 is 29.5 Å².